The zero-order valence-electron chi connectivity index (χ0n) is 10.2. The second kappa shape index (κ2) is 5.07. The fourth-order valence-corrected chi connectivity index (χ4v) is 4.34. The Balaban J connectivity index is 2.54. The van der Waals surface area contributed by atoms with E-state index in [9.17, 15) is 8.42 Å². The number of nitrogens with one attached hydrogen (secondary N) is 1. The molecular weight excluding hydrogens is 268 g/mol. The largest absolute Gasteiger partial charge is 0.365 e. The van der Waals surface area contributed by atoms with Gasteiger partial charge in [-0.3, -0.25) is 0 Å². The fourth-order valence-electron chi connectivity index (χ4n) is 1.67. The molecule has 0 aliphatic rings. The number of nitrogens with zero attached hydrogens (tertiary/aromatic N) is 1. The maximum Gasteiger partial charge on any atom is 0.217 e. The molecule has 2 rings (SSSR count). The van der Waals surface area contributed by atoms with Gasteiger partial charge in [-0.15, -0.1) is 0 Å². The average molecular weight is 282 g/mol. The van der Waals surface area contributed by atoms with Crippen LogP contribution in [0, 0.1) is 0 Å². The third kappa shape index (κ3) is 2.26. The molecule has 96 valence electrons. The Labute approximate surface area is 111 Å². The molecule has 0 atom stereocenters. The number of benzene rings is 1. The van der Waals surface area contributed by atoms with Crippen LogP contribution < -0.4 is 5.32 Å². The van der Waals surface area contributed by atoms with Crippen LogP contribution in [0.4, 0.5) is 5.13 Å². The third-order valence-corrected chi connectivity index (χ3v) is 5.94. The molecule has 6 heteroatoms. The number of rotatable bonds is 4. The number of aromatic nitrogens is 1. The summed E-state index contributed by atoms with van der Waals surface area (Å²) in [5, 5.41) is 3.44. The van der Waals surface area contributed by atoms with Gasteiger partial charge in [-0.2, -0.15) is 0 Å². The van der Waals surface area contributed by atoms with Gasteiger partial charge >= 0.3 is 0 Å². The predicted octanol–water partition coefficient (Wildman–Crippen LogP) is 2.58. The van der Waals surface area contributed by atoms with Crippen molar-refractivity contribution in [3.05, 3.63) is 36.0 Å². The van der Waals surface area contributed by atoms with Crippen LogP contribution in [0.15, 0.2) is 39.6 Å². The summed E-state index contributed by atoms with van der Waals surface area (Å²) in [6.45, 7) is 1.94. The summed E-state index contributed by atoms with van der Waals surface area (Å²) in [5.41, 5.74) is 0.830. The van der Waals surface area contributed by atoms with Crippen LogP contribution in [0.5, 0.6) is 0 Å². The molecule has 0 fully saturated rings. The van der Waals surface area contributed by atoms with Gasteiger partial charge in [0.05, 0.1) is 11.1 Å². The van der Waals surface area contributed by atoms with Crippen molar-refractivity contribution in [2.24, 2.45) is 0 Å². The first-order chi connectivity index (χ1) is 8.59. The molecule has 1 N–H and O–H groups in total. The highest BCUT2D eigenvalue weighted by Gasteiger charge is 2.22. The molecule has 1 heterocycles. The smallest absolute Gasteiger partial charge is 0.217 e. The standard InChI is InChI=1S/C12H14N2O2S2/c1-3-9-6-4-5-7-10(9)18(15,16)11-8-14-12(13-2)17-11/h4-8H,3H2,1-2H3,(H,13,14). The number of anilines is 1. The molecule has 0 amide bonds. The molecule has 0 unspecified atom stereocenters. The summed E-state index contributed by atoms with van der Waals surface area (Å²) >= 11 is 1.14. The molecule has 0 aliphatic heterocycles. The van der Waals surface area contributed by atoms with Crippen molar-refractivity contribution < 1.29 is 8.42 Å². The lowest BCUT2D eigenvalue weighted by molar-refractivity contribution is 0.597. The van der Waals surface area contributed by atoms with Gasteiger partial charge < -0.3 is 5.32 Å². The molecule has 0 spiro atoms. The van der Waals surface area contributed by atoms with Crippen molar-refractivity contribution in [1.82, 2.24) is 4.98 Å². The first kappa shape index (κ1) is 13.0. The van der Waals surface area contributed by atoms with Gasteiger partial charge in [0, 0.05) is 7.05 Å². The Kier molecular flexibility index (Phi) is 3.68. The fraction of sp³-hybridized carbons (Fsp3) is 0.250. The van der Waals surface area contributed by atoms with E-state index in [4.69, 9.17) is 0 Å². The molecule has 0 aliphatic carbocycles. The highest BCUT2D eigenvalue weighted by molar-refractivity contribution is 7.93. The maximum atomic E-state index is 12.5. The molecule has 1 aromatic heterocycles. The Bertz CT molecular complexity index is 648. The van der Waals surface area contributed by atoms with Gasteiger partial charge in [0.1, 0.15) is 4.21 Å². The first-order valence-electron chi connectivity index (χ1n) is 5.56. The van der Waals surface area contributed by atoms with Crippen LogP contribution in [0.2, 0.25) is 0 Å². The lowest BCUT2D eigenvalue weighted by atomic mass is 10.2. The Morgan fingerprint density at radius 2 is 2.06 bits per heavy atom. The van der Waals surface area contributed by atoms with Crippen LogP contribution in [0.25, 0.3) is 0 Å². The summed E-state index contributed by atoms with van der Waals surface area (Å²) in [6, 6.07) is 7.08. The van der Waals surface area contributed by atoms with Crippen molar-refractivity contribution in [1.29, 1.82) is 0 Å². The summed E-state index contributed by atoms with van der Waals surface area (Å²) in [4.78, 5) is 4.38. The quantitative estimate of drug-likeness (QED) is 0.936. The monoisotopic (exact) mass is 282 g/mol. The first-order valence-corrected chi connectivity index (χ1v) is 7.86. The van der Waals surface area contributed by atoms with Gasteiger partial charge in [0.15, 0.2) is 5.13 Å². The van der Waals surface area contributed by atoms with E-state index in [1.54, 1.807) is 19.2 Å². The predicted molar refractivity (Wildman–Crippen MR) is 72.9 cm³/mol. The minimum atomic E-state index is -3.45. The Hall–Kier alpha value is -1.40. The van der Waals surface area contributed by atoms with Gasteiger partial charge in [-0.05, 0) is 18.1 Å². The molecule has 4 nitrogen and oxygen atoms in total. The van der Waals surface area contributed by atoms with Crippen molar-refractivity contribution in [3.8, 4) is 0 Å². The van der Waals surface area contributed by atoms with Crippen LogP contribution >= 0.6 is 11.3 Å². The number of sulfone groups is 1. The van der Waals surface area contributed by atoms with E-state index in [0.29, 0.717) is 16.4 Å². The van der Waals surface area contributed by atoms with E-state index in [0.717, 1.165) is 16.9 Å². The second-order valence-electron chi connectivity index (χ2n) is 3.70. The highest BCUT2D eigenvalue weighted by atomic mass is 32.2. The second-order valence-corrected chi connectivity index (χ2v) is 6.87. The highest BCUT2D eigenvalue weighted by Crippen LogP contribution is 2.30. The minimum Gasteiger partial charge on any atom is -0.365 e. The topological polar surface area (TPSA) is 59.1 Å². The van der Waals surface area contributed by atoms with Crippen molar-refractivity contribution in [2.75, 3.05) is 12.4 Å². The minimum absolute atomic E-state index is 0.271. The van der Waals surface area contributed by atoms with Gasteiger partial charge in [0.2, 0.25) is 9.84 Å². The molecule has 2 aromatic rings. The molecular formula is C12H14N2O2S2. The number of aryl methyl sites for hydroxylation is 1. The van der Waals surface area contributed by atoms with Gasteiger partial charge in [-0.25, -0.2) is 13.4 Å². The zero-order chi connectivity index (χ0) is 13.2. The number of thiazole rings is 1. The molecule has 0 saturated carbocycles. The molecule has 1 aromatic carbocycles. The zero-order valence-corrected chi connectivity index (χ0v) is 11.8. The summed E-state index contributed by atoms with van der Waals surface area (Å²) in [7, 11) is -1.74. The van der Waals surface area contributed by atoms with E-state index in [1.165, 1.54) is 6.20 Å². The molecule has 0 saturated heterocycles. The lowest BCUT2D eigenvalue weighted by Gasteiger charge is -2.06. The van der Waals surface area contributed by atoms with E-state index in [-0.39, 0.29) is 4.21 Å². The Morgan fingerprint density at radius 3 is 2.67 bits per heavy atom. The lowest BCUT2D eigenvalue weighted by Crippen LogP contribution is -2.03. The van der Waals surface area contributed by atoms with Crippen LogP contribution in [-0.2, 0) is 16.3 Å². The molecule has 0 radical (unpaired) electrons. The number of hydrogen-bond acceptors (Lipinski definition) is 5. The van der Waals surface area contributed by atoms with Crippen molar-refractivity contribution in [3.63, 3.8) is 0 Å². The Morgan fingerprint density at radius 1 is 1.33 bits per heavy atom. The average Bonchev–Trinajstić information content (AvgIpc) is 2.88. The third-order valence-electron chi connectivity index (χ3n) is 2.61. The summed E-state index contributed by atoms with van der Waals surface area (Å²) in [6.07, 6.45) is 2.09. The van der Waals surface area contributed by atoms with E-state index >= 15 is 0 Å². The summed E-state index contributed by atoms with van der Waals surface area (Å²) in [5.74, 6) is 0. The van der Waals surface area contributed by atoms with E-state index < -0.39 is 9.84 Å². The maximum absolute atomic E-state index is 12.5. The summed E-state index contributed by atoms with van der Waals surface area (Å²) < 4.78 is 25.2. The van der Waals surface area contributed by atoms with Gasteiger partial charge in [-0.1, -0.05) is 36.5 Å². The molecule has 18 heavy (non-hydrogen) atoms. The van der Waals surface area contributed by atoms with E-state index in [2.05, 4.69) is 10.3 Å². The normalized spacial score (nSPS) is 11.4. The van der Waals surface area contributed by atoms with Gasteiger partial charge in [0.25, 0.3) is 0 Å². The van der Waals surface area contributed by atoms with Crippen LogP contribution in [-0.4, -0.2) is 20.4 Å². The molecule has 0 bridgehead atoms. The van der Waals surface area contributed by atoms with Crippen LogP contribution in [0.3, 0.4) is 0 Å². The van der Waals surface area contributed by atoms with Crippen molar-refractivity contribution >= 4 is 26.3 Å². The van der Waals surface area contributed by atoms with Crippen LogP contribution in [0.1, 0.15) is 12.5 Å². The number of hydrogen-bond donors (Lipinski definition) is 1. The van der Waals surface area contributed by atoms with E-state index in [1.807, 2.05) is 19.1 Å². The SMILES string of the molecule is CCc1ccccc1S(=O)(=O)c1cnc(NC)s1. The van der Waals surface area contributed by atoms with Crippen molar-refractivity contribution in [2.45, 2.75) is 22.4 Å².